The summed E-state index contributed by atoms with van der Waals surface area (Å²) in [7, 11) is 0. The van der Waals surface area contributed by atoms with Crippen LogP contribution in [0.15, 0.2) is 24.3 Å². The van der Waals surface area contributed by atoms with Gasteiger partial charge in [-0.3, -0.25) is 4.90 Å². The maximum Gasteiger partial charge on any atom is 0.119 e. The second kappa shape index (κ2) is 6.77. The van der Waals surface area contributed by atoms with Crippen molar-refractivity contribution < 1.29 is 9.47 Å². The van der Waals surface area contributed by atoms with Gasteiger partial charge in [-0.1, -0.05) is 12.1 Å². The van der Waals surface area contributed by atoms with Crippen LogP contribution in [0, 0.1) is 0 Å². The van der Waals surface area contributed by atoms with Gasteiger partial charge in [0.1, 0.15) is 5.75 Å². The van der Waals surface area contributed by atoms with Crippen LogP contribution in [0.1, 0.15) is 37.8 Å². The van der Waals surface area contributed by atoms with Gasteiger partial charge < -0.3 is 15.2 Å². The molecule has 3 atom stereocenters. The summed E-state index contributed by atoms with van der Waals surface area (Å²) >= 11 is 0. The first kappa shape index (κ1) is 14.8. The number of morpholine rings is 1. The molecule has 1 saturated carbocycles. The highest BCUT2D eigenvalue weighted by Crippen LogP contribution is 2.35. The summed E-state index contributed by atoms with van der Waals surface area (Å²) in [6.07, 6.45) is 4.09. The molecule has 3 rings (SSSR count). The summed E-state index contributed by atoms with van der Waals surface area (Å²) in [6, 6.07) is 9.18. The number of rotatable bonds is 5. The molecule has 0 aromatic heterocycles. The van der Waals surface area contributed by atoms with Crippen LogP contribution < -0.4 is 10.5 Å². The van der Waals surface area contributed by atoms with Crippen molar-refractivity contribution in [3.8, 4) is 5.75 Å². The highest BCUT2D eigenvalue weighted by Gasteiger charge is 2.39. The van der Waals surface area contributed by atoms with Gasteiger partial charge in [0, 0.05) is 25.2 Å². The van der Waals surface area contributed by atoms with Crippen LogP contribution in [0.25, 0.3) is 0 Å². The Morgan fingerprint density at radius 3 is 3.14 bits per heavy atom. The molecule has 0 spiro atoms. The maximum atomic E-state index is 6.12. The third-order valence-electron chi connectivity index (χ3n) is 4.70. The summed E-state index contributed by atoms with van der Waals surface area (Å²) in [5, 5.41) is 0. The van der Waals surface area contributed by atoms with E-state index in [0.717, 1.165) is 18.9 Å². The molecule has 1 aliphatic carbocycles. The second-order valence-corrected chi connectivity index (χ2v) is 5.90. The Morgan fingerprint density at radius 1 is 1.43 bits per heavy atom. The summed E-state index contributed by atoms with van der Waals surface area (Å²) in [5.74, 6) is 0.935. The largest absolute Gasteiger partial charge is 0.494 e. The zero-order chi connectivity index (χ0) is 14.7. The SMILES string of the molecule is CCOc1cccc(C(CN)N2CCOC3CCCC32)c1. The monoisotopic (exact) mass is 290 g/mol. The fourth-order valence-corrected chi connectivity index (χ4v) is 3.78. The molecule has 1 saturated heterocycles. The van der Waals surface area contributed by atoms with E-state index in [0.29, 0.717) is 25.3 Å². The molecule has 1 aliphatic heterocycles. The molecule has 0 amide bonds. The van der Waals surface area contributed by atoms with Crippen molar-refractivity contribution in [2.45, 2.75) is 44.4 Å². The van der Waals surface area contributed by atoms with Crippen molar-refractivity contribution in [2.75, 3.05) is 26.3 Å². The number of fused-ring (bicyclic) bond motifs is 1. The molecule has 0 radical (unpaired) electrons. The van der Waals surface area contributed by atoms with Crippen molar-refractivity contribution in [1.82, 2.24) is 4.90 Å². The van der Waals surface area contributed by atoms with Gasteiger partial charge in [-0.25, -0.2) is 0 Å². The fraction of sp³-hybridized carbons (Fsp3) is 0.647. The molecule has 2 N–H and O–H groups in total. The number of nitrogens with zero attached hydrogens (tertiary/aromatic N) is 1. The zero-order valence-corrected chi connectivity index (χ0v) is 12.8. The summed E-state index contributed by atoms with van der Waals surface area (Å²) in [4.78, 5) is 2.56. The lowest BCUT2D eigenvalue weighted by atomic mass is 10.0. The molecular formula is C17H26N2O2. The van der Waals surface area contributed by atoms with Gasteiger partial charge in [0.15, 0.2) is 0 Å². The number of hydrogen-bond acceptors (Lipinski definition) is 4. The maximum absolute atomic E-state index is 6.12. The van der Waals surface area contributed by atoms with Crippen LogP contribution in [0.2, 0.25) is 0 Å². The van der Waals surface area contributed by atoms with Crippen molar-refractivity contribution in [2.24, 2.45) is 5.73 Å². The van der Waals surface area contributed by atoms with Crippen molar-refractivity contribution in [3.63, 3.8) is 0 Å². The Balaban J connectivity index is 1.82. The summed E-state index contributed by atoms with van der Waals surface area (Å²) in [5.41, 5.74) is 7.38. The highest BCUT2D eigenvalue weighted by molar-refractivity contribution is 5.31. The Labute approximate surface area is 127 Å². The molecule has 0 bridgehead atoms. The normalized spacial score (nSPS) is 27.3. The smallest absolute Gasteiger partial charge is 0.119 e. The van der Waals surface area contributed by atoms with Crippen LogP contribution in [-0.4, -0.2) is 43.3 Å². The highest BCUT2D eigenvalue weighted by atomic mass is 16.5. The van der Waals surface area contributed by atoms with Crippen LogP contribution >= 0.6 is 0 Å². The van der Waals surface area contributed by atoms with Crippen LogP contribution in [0.4, 0.5) is 0 Å². The lowest BCUT2D eigenvalue weighted by molar-refractivity contribution is -0.0711. The molecule has 116 valence electrons. The average Bonchev–Trinajstić information content (AvgIpc) is 2.98. The van der Waals surface area contributed by atoms with E-state index in [-0.39, 0.29) is 6.04 Å². The van der Waals surface area contributed by atoms with Crippen molar-refractivity contribution in [3.05, 3.63) is 29.8 Å². The van der Waals surface area contributed by atoms with Gasteiger partial charge in [0.2, 0.25) is 0 Å². The van der Waals surface area contributed by atoms with E-state index in [1.54, 1.807) is 0 Å². The minimum absolute atomic E-state index is 0.264. The van der Waals surface area contributed by atoms with Crippen LogP contribution in [0.3, 0.4) is 0 Å². The van der Waals surface area contributed by atoms with Crippen molar-refractivity contribution >= 4 is 0 Å². The molecule has 2 fully saturated rings. The summed E-state index contributed by atoms with van der Waals surface area (Å²) in [6.45, 7) is 5.14. The number of hydrogen-bond donors (Lipinski definition) is 1. The van der Waals surface area contributed by atoms with E-state index < -0.39 is 0 Å². The predicted octanol–water partition coefficient (Wildman–Crippen LogP) is 2.34. The first-order valence-corrected chi connectivity index (χ1v) is 8.13. The van der Waals surface area contributed by atoms with Gasteiger partial charge in [0.05, 0.1) is 19.3 Å². The molecular weight excluding hydrogens is 264 g/mol. The van der Waals surface area contributed by atoms with Crippen LogP contribution in [-0.2, 0) is 4.74 Å². The fourth-order valence-electron chi connectivity index (χ4n) is 3.78. The van der Waals surface area contributed by atoms with E-state index in [9.17, 15) is 0 Å². The van der Waals surface area contributed by atoms with Gasteiger partial charge in [-0.2, -0.15) is 0 Å². The standard InChI is InChI=1S/C17H26N2O2/c1-2-20-14-6-3-5-13(11-14)16(12-18)19-9-10-21-17-8-4-7-15(17)19/h3,5-6,11,15-17H,2,4,7-10,12,18H2,1H3. The number of benzene rings is 1. The lowest BCUT2D eigenvalue weighted by Gasteiger charge is -2.42. The Morgan fingerprint density at radius 2 is 2.33 bits per heavy atom. The predicted molar refractivity (Wildman–Crippen MR) is 83.5 cm³/mol. The van der Waals surface area contributed by atoms with Gasteiger partial charge in [-0.15, -0.1) is 0 Å². The van der Waals surface area contributed by atoms with Crippen LogP contribution in [0.5, 0.6) is 5.75 Å². The Kier molecular flexibility index (Phi) is 4.78. The molecule has 2 aliphatic rings. The average molecular weight is 290 g/mol. The first-order valence-electron chi connectivity index (χ1n) is 8.13. The molecule has 21 heavy (non-hydrogen) atoms. The number of nitrogens with two attached hydrogens (primary N) is 1. The summed E-state index contributed by atoms with van der Waals surface area (Å²) < 4.78 is 11.5. The van der Waals surface area contributed by atoms with E-state index in [1.807, 2.05) is 13.0 Å². The Hall–Kier alpha value is -1.10. The quantitative estimate of drug-likeness (QED) is 0.904. The molecule has 1 aromatic rings. The number of ether oxygens (including phenoxy) is 2. The topological polar surface area (TPSA) is 47.7 Å². The molecule has 1 heterocycles. The molecule has 1 aromatic carbocycles. The van der Waals surface area contributed by atoms with Gasteiger partial charge in [0.25, 0.3) is 0 Å². The second-order valence-electron chi connectivity index (χ2n) is 5.90. The van der Waals surface area contributed by atoms with E-state index in [4.69, 9.17) is 15.2 Å². The minimum atomic E-state index is 0.264. The molecule has 4 heteroatoms. The lowest BCUT2D eigenvalue weighted by Crippen LogP contribution is -2.51. The third-order valence-corrected chi connectivity index (χ3v) is 4.70. The zero-order valence-electron chi connectivity index (χ0n) is 12.8. The van der Waals surface area contributed by atoms with Gasteiger partial charge >= 0.3 is 0 Å². The minimum Gasteiger partial charge on any atom is -0.494 e. The van der Waals surface area contributed by atoms with Gasteiger partial charge in [-0.05, 0) is 43.9 Å². The molecule has 3 unspecified atom stereocenters. The van der Waals surface area contributed by atoms with E-state index in [2.05, 4.69) is 23.1 Å². The molecule has 4 nitrogen and oxygen atoms in total. The van der Waals surface area contributed by atoms with Crippen molar-refractivity contribution in [1.29, 1.82) is 0 Å². The van der Waals surface area contributed by atoms with E-state index >= 15 is 0 Å². The first-order chi connectivity index (χ1) is 10.3. The third kappa shape index (κ3) is 3.07. The Bertz CT molecular complexity index is 466. The van der Waals surface area contributed by atoms with E-state index in [1.165, 1.54) is 24.8 Å².